The monoisotopic (exact) mass is 417 g/mol. The van der Waals surface area contributed by atoms with Crippen molar-refractivity contribution in [2.24, 2.45) is 5.92 Å². The Labute approximate surface area is 171 Å². The summed E-state index contributed by atoms with van der Waals surface area (Å²) in [5.41, 5.74) is 1.70. The number of nitrogens with zero attached hydrogens (tertiary/aromatic N) is 1. The third kappa shape index (κ3) is 4.43. The first-order valence-corrected chi connectivity index (χ1v) is 9.69. The molecule has 2 N–H and O–H groups in total. The molecule has 1 aliphatic heterocycles. The van der Waals surface area contributed by atoms with Crippen molar-refractivity contribution in [2.45, 2.75) is 12.6 Å². The first kappa shape index (κ1) is 20.3. The van der Waals surface area contributed by atoms with Crippen molar-refractivity contribution in [3.8, 4) is 5.75 Å². The molecule has 2 aromatic carbocycles. The molecular formula is C22H22F3N3O2. The van der Waals surface area contributed by atoms with Crippen LogP contribution in [0.5, 0.6) is 5.75 Å². The number of hydrogen-bond donors (Lipinski definition) is 2. The van der Waals surface area contributed by atoms with Crippen LogP contribution in [0.1, 0.15) is 11.1 Å². The summed E-state index contributed by atoms with van der Waals surface area (Å²) in [4.78, 5) is 17.5. The smallest absolute Gasteiger partial charge is 0.416 e. The van der Waals surface area contributed by atoms with Crippen molar-refractivity contribution in [1.29, 1.82) is 0 Å². The van der Waals surface area contributed by atoms with E-state index in [4.69, 9.17) is 4.74 Å². The van der Waals surface area contributed by atoms with E-state index in [0.717, 1.165) is 41.7 Å². The van der Waals surface area contributed by atoms with Gasteiger partial charge in [0.2, 0.25) is 5.91 Å². The number of amides is 1. The van der Waals surface area contributed by atoms with Crippen LogP contribution in [-0.2, 0) is 17.4 Å². The second kappa shape index (κ2) is 8.02. The van der Waals surface area contributed by atoms with Gasteiger partial charge in [-0.05, 0) is 42.9 Å². The van der Waals surface area contributed by atoms with Crippen molar-refractivity contribution in [2.75, 3.05) is 32.1 Å². The molecule has 1 aromatic heterocycles. The Morgan fingerprint density at radius 2 is 1.93 bits per heavy atom. The molecule has 0 radical (unpaired) electrons. The quantitative estimate of drug-likeness (QED) is 0.629. The lowest BCUT2D eigenvalue weighted by Gasteiger charge is -2.34. The van der Waals surface area contributed by atoms with Crippen LogP contribution in [0.3, 0.4) is 0 Å². The fourth-order valence-electron chi connectivity index (χ4n) is 3.54. The minimum absolute atomic E-state index is 0.00243. The van der Waals surface area contributed by atoms with Gasteiger partial charge in [0.25, 0.3) is 0 Å². The van der Waals surface area contributed by atoms with Gasteiger partial charge in [-0.3, -0.25) is 4.79 Å². The zero-order valence-electron chi connectivity index (χ0n) is 16.4. The zero-order valence-corrected chi connectivity index (χ0v) is 16.4. The van der Waals surface area contributed by atoms with Crippen LogP contribution >= 0.6 is 0 Å². The number of ether oxygens (including phenoxy) is 1. The molecule has 1 saturated heterocycles. The van der Waals surface area contributed by atoms with Crippen LogP contribution in [0, 0.1) is 5.92 Å². The highest BCUT2D eigenvalue weighted by Crippen LogP contribution is 2.30. The number of aromatic amines is 1. The van der Waals surface area contributed by atoms with E-state index in [1.165, 1.54) is 12.1 Å². The van der Waals surface area contributed by atoms with Crippen LogP contribution in [-0.4, -0.2) is 42.5 Å². The fraction of sp³-hybridized carbons (Fsp3) is 0.318. The van der Waals surface area contributed by atoms with E-state index in [0.29, 0.717) is 24.5 Å². The van der Waals surface area contributed by atoms with E-state index < -0.39 is 11.7 Å². The fourth-order valence-corrected chi connectivity index (χ4v) is 3.54. The Hall–Kier alpha value is -3.00. The van der Waals surface area contributed by atoms with E-state index >= 15 is 0 Å². The van der Waals surface area contributed by atoms with Gasteiger partial charge in [-0.2, -0.15) is 13.2 Å². The van der Waals surface area contributed by atoms with Crippen LogP contribution in [0.4, 0.5) is 18.9 Å². The van der Waals surface area contributed by atoms with Crippen LogP contribution in [0.2, 0.25) is 0 Å². The Morgan fingerprint density at radius 3 is 2.60 bits per heavy atom. The second-order valence-electron chi connectivity index (χ2n) is 7.61. The summed E-state index contributed by atoms with van der Waals surface area (Å²) in [7, 11) is 1.98. The number of aromatic nitrogens is 1. The highest BCUT2D eigenvalue weighted by molar-refractivity contribution is 6.03. The maximum absolute atomic E-state index is 12.6. The lowest BCUT2D eigenvalue weighted by Crippen LogP contribution is -2.49. The molecule has 8 heteroatoms. The normalized spacial score (nSPS) is 15.2. The van der Waals surface area contributed by atoms with Crippen molar-refractivity contribution >= 4 is 22.5 Å². The van der Waals surface area contributed by atoms with E-state index in [-0.39, 0.29) is 11.8 Å². The highest BCUT2D eigenvalue weighted by Gasteiger charge is 2.30. The molecule has 5 nitrogen and oxygen atoms in total. The predicted octanol–water partition coefficient (Wildman–Crippen LogP) is 4.31. The third-order valence-electron chi connectivity index (χ3n) is 5.29. The van der Waals surface area contributed by atoms with Crippen LogP contribution in [0.15, 0.2) is 48.7 Å². The van der Waals surface area contributed by atoms with E-state index in [1.807, 2.05) is 25.2 Å². The van der Waals surface area contributed by atoms with Crippen molar-refractivity contribution < 1.29 is 22.7 Å². The molecule has 0 bridgehead atoms. The summed E-state index contributed by atoms with van der Waals surface area (Å²) in [5, 5.41) is 3.82. The largest absolute Gasteiger partial charge is 0.493 e. The molecule has 4 rings (SSSR count). The van der Waals surface area contributed by atoms with Gasteiger partial charge in [0.15, 0.2) is 0 Å². The summed E-state index contributed by atoms with van der Waals surface area (Å²) in [6.45, 7) is 1.84. The third-order valence-corrected chi connectivity index (χ3v) is 5.29. The molecule has 158 valence electrons. The van der Waals surface area contributed by atoms with Gasteiger partial charge in [-0.25, -0.2) is 0 Å². The number of rotatable bonds is 6. The van der Waals surface area contributed by atoms with Crippen molar-refractivity contribution in [3.63, 3.8) is 0 Å². The standard InChI is InChI=1S/C22H22F3N3O2/c1-28-12-15(13-28)21(29)27-20-11-26-19-7-6-17(10-18(19)20)30-9-8-14-2-4-16(5-3-14)22(23,24)25/h2-7,10-11,15,26H,8-9,12-13H2,1H3,(H,27,29). The summed E-state index contributed by atoms with van der Waals surface area (Å²) >= 11 is 0. The van der Waals surface area contributed by atoms with E-state index in [9.17, 15) is 18.0 Å². The van der Waals surface area contributed by atoms with Gasteiger partial charge in [0, 0.05) is 36.6 Å². The Balaban J connectivity index is 1.37. The number of carbonyl (C=O) groups is 1. The second-order valence-corrected chi connectivity index (χ2v) is 7.61. The number of likely N-dealkylation sites (tertiary alicyclic amines) is 1. The lowest BCUT2D eigenvalue weighted by atomic mass is 10.0. The topological polar surface area (TPSA) is 57.4 Å². The predicted molar refractivity (Wildman–Crippen MR) is 109 cm³/mol. The number of anilines is 1. The van der Waals surface area contributed by atoms with Gasteiger partial charge in [0.1, 0.15) is 5.75 Å². The number of nitrogens with one attached hydrogen (secondary N) is 2. The number of fused-ring (bicyclic) bond motifs is 1. The van der Waals surface area contributed by atoms with Gasteiger partial charge in [0.05, 0.1) is 23.8 Å². The molecular weight excluding hydrogens is 395 g/mol. The SMILES string of the molecule is CN1CC(C(=O)Nc2c[nH]c3ccc(OCCc4ccc(C(F)(F)F)cc4)cc23)C1. The van der Waals surface area contributed by atoms with Crippen LogP contribution < -0.4 is 10.1 Å². The van der Waals surface area contributed by atoms with Gasteiger partial charge < -0.3 is 19.9 Å². The molecule has 0 saturated carbocycles. The number of H-pyrrole nitrogens is 1. The highest BCUT2D eigenvalue weighted by atomic mass is 19.4. The maximum atomic E-state index is 12.6. The number of alkyl halides is 3. The molecule has 2 heterocycles. The molecule has 1 amide bonds. The first-order chi connectivity index (χ1) is 14.3. The number of hydrogen-bond acceptors (Lipinski definition) is 3. The van der Waals surface area contributed by atoms with Crippen LogP contribution in [0.25, 0.3) is 10.9 Å². The molecule has 3 aromatic rings. The number of benzene rings is 2. The van der Waals surface area contributed by atoms with Crippen molar-refractivity contribution in [3.05, 3.63) is 59.8 Å². The Morgan fingerprint density at radius 1 is 1.20 bits per heavy atom. The average molecular weight is 417 g/mol. The molecule has 1 fully saturated rings. The number of halogens is 3. The zero-order chi connectivity index (χ0) is 21.3. The molecule has 1 aliphatic rings. The summed E-state index contributed by atoms with van der Waals surface area (Å²) in [5.74, 6) is 0.638. The minimum atomic E-state index is -4.33. The molecule has 30 heavy (non-hydrogen) atoms. The Kier molecular flexibility index (Phi) is 5.42. The summed E-state index contributed by atoms with van der Waals surface area (Å²) < 4.78 is 43.7. The molecule has 0 spiro atoms. The Bertz CT molecular complexity index is 1040. The maximum Gasteiger partial charge on any atom is 0.416 e. The number of carbonyl (C=O) groups excluding carboxylic acids is 1. The average Bonchev–Trinajstić information content (AvgIpc) is 3.07. The van der Waals surface area contributed by atoms with Gasteiger partial charge >= 0.3 is 6.18 Å². The van der Waals surface area contributed by atoms with Gasteiger partial charge in [-0.1, -0.05) is 12.1 Å². The summed E-state index contributed by atoms with van der Waals surface area (Å²) in [6, 6.07) is 10.6. The van der Waals surface area contributed by atoms with Gasteiger partial charge in [-0.15, -0.1) is 0 Å². The van der Waals surface area contributed by atoms with Crippen molar-refractivity contribution in [1.82, 2.24) is 9.88 Å². The lowest BCUT2D eigenvalue weighted by molar-refractivity contribution is -0.137. The van der Waals surface area contributed by atoms with E-state index in [2.05, 4.69) is 15.2 Å². The van der Waals surface area contributed by atoms with E-state index in [1.54, 1.807) is 6.20 Å². The minimum Gasteiger partial charge on any atom is -0.493 e. The first-order valence-electron chi connectivity index (χ1n) is 9.69. The molecule has 0 aliphatic carbocycles. The molecule has 0 unspecified atom stereocenters. The summed E-state index contributed by atoms with van der Waals surface area (Å²) in [6.07, 6.45) is -2.08. The molecule has 0 atom stereocenters.